The lowest BCUT2D eigenvalue weighted by atomic mass is 9.96. The maximum atomic E-state index is 10.1. The van der Waals surface area contributed by atoms with Gasteiger partial charge in [0, 0.05) is 50.1 Å². The lowest BCUT2D eigenvalue weighted by molar-refractivity contribution is 0.196. The molecule has 1 atom stereocenters. The third-order valence-electron chi connectivity index (χ3n) is 4.71. The van der Waals surface area contributed by atoms with Gasteiger partial charge in [0.05, 0.1) is 10.6 Å². The van der Waals surface area contributed by atoms with E-state index in [9.17, 15) is 5.11 Å². The molecule has 1 aliphatic rings. The van der Waals surface area contributed by atoms with Crippen LogP contribution in [-0.2, 0) is 6.54 Å². The molecule has 7 nitrogen and oxygen atoms in total. The van der Waals surface area contributed by atoms with E-state index in [0.717, 1.165) is 54.4 Å². The fourth-order valence-corrected chi connectivity index (χ4v) is 4.11. The molecule has 0 aliphatic carbocycles. The lowest BCUT2D eigenvalue weighted by Crippen LogP contribution is -2.34. The van der Waals surface area contributed by atoms with Gasteiger partial charge in [0.15, 0.2) is 0 Å². The monoisotopic (exact) mass is 382 g/mol. The highest BCUT2D eigenvalue weighted by atomic mass is 32.1. The third kappa shape index (κ3) is 4.23. The number of piperidine rings is 1. The Balaban J connectivity index is 1.49. The van der Waals surface area contributed by atoms with Gasteiger partial charge in [-0.25, -0.2) is 15.0 Å². The van der Waals surface area contributed by atoms with Crippen molar-refractivity contribution in [1.29, 1.82) is 0 Å². The van der Waals surface area contributed by atoms with Crippen molar-refractivity contribution in [3.63, 3.8) is 0 Å². The molecule has 1 aliphatic heterocycles. The second-order valence-electron chi connectivity index (χ2n) is 6.69. The summed E-state index contributed by atoms with van der Waals surface area (Å²) in [4.78, 5) is 21.1. The molecule has 4 heterocycles. The first-order chi connectivity index (χ1) is 13.2. The Hall–Kier alpha value is -2.58. The van der Waals surface area contributed by atoms with E-state index in [-0.39, 0.29) is 11.8 Å². The summed E-state index contributed by atoms with van der Waals surface area (Å²) in [6.45, 7) is 2.69. The van der Waals surface area contributed by atoms with Crippen molar-refractivity contribution >= 4 is 17.3 Å². The first-order valence-corrected chi connectivity index (χ1v) is 9.92. The summed E-state index contributed by atoms with van der Waals surface area (Å²) in [5, 5.41) is 15.0. The summed E-state index contributed by atoms with van der Waals surface area (Å²) in [6, 6.07) is 5.64. The van der Waals surface area contributed by atoms with Gasteiger partial charge in [-0.1, -0.05) is 6.07 Å². The van der Waals surface area contributed by atoms with Gasteiger partial charge in [0.2, 0.25) is 11.8 Å². The molecule has 1 saturated heterocycles. The smallest absolute Gasteiger partial charge is 0.222 e. The van der Waals surface area contributed by atoms with Gasteiger partial charge in [-0.15, -0.1) is 11.3 Å². The van der Waals surface area contributed by atoms with E-state index in [1.54, 1.807) is 17.4 Å². The molecule has 8 heteroatoms. The Morgan fingerprint density at radius 2 is 2.15 bits per heavy atom. The van der Waals surface area contributed by atoms with Crippen molar-refractivity contribution < 1.29 is 5.11 Å². The van der Waals surface area contributed by atoms with E-state index in [4.69, 9.17) is 4.98 Å². The Labute approximate surface area is 162 Å². The highest BCUT2D eigenvalue weighted by molar-refractivity contribution is 7.13. The zero-order valence-electron chi connectivity index (χ0n) is 15.2. The van der Waals surface area contributed by atoms with Crippen LogP contribution in [0.1, 0.15) is 30.1 Å². The molecule has 140 valence electrons. The van der Waals surface area contributed by atoms with E-state index in [0.29, 0.717) is 5.95 Å². The third-order valence-corrected chi connectivity index (χ3v) is 5.60. The molecule has 1 unspecified atom stereocenters. The maximum Gasteiger partial charge on any atom is 0.222 e. The van der Waals surface area contributed by atoms with Gasteiger partial charge < -0.3 is 10.4 Å². The minimum atomic E-state index is 0.0385. The molecule has 0 saturated carbocycles. The molecule has 3 aromatic heterocycles. The number of hydrogen-bond donors (Lipinski definition) is 2. The highest BCUT2D eigenvalue weighted by Crippen LogP contribution is 2.30. The molecule has 0 amide bonds. The second kappa shape index (κ2) is 7.98. The van der Waals surface area contributed by atoms with Gasteiger partial charge in [-0.3, -0.25) is 4.90 Å². The van der Waals surface area contributed by atoms with Crippen LogP contribution in [0.2, 0.25) is 0 Å². The predicted octanol–water partition coefficient (Wildman–Crippen LogP) is 3.12. The molecular formula is C19H22N6OS. The average molecular weight is 382 g/mol. The molecule has 0 bridgehead atoms. The van der Waals surface area contributed by atoms with Gasteiger partial charge in [0.1, 0.15) is 5.82 Å². The minimum Gasteiger partial charge on any atom is -0.493 e. The van der Waals surface area contributed by atoms with Gasteiger partial charge in [0.25, 0.3) is 0 Å². The molecule has 3 aromatic rings. The Kier molecular flexibility index (Phi) is 5.26. The number of thiophene rings is 1. The standard InChI is InChI=1S/C19H22N6OS/c1-20-19-21-9-13(10-22-19)11-25-6-2-4-14(12-25)18-23-15(8-17(26)24-18)16-5-3-7-27-16/h3,5,7-10,14H,2,4,6,11-12H2,1H3,(H,20,21,22)(H,23,24,26). The van der Waals surface area contributed by atoms with Crippen LogP contribution in [0.25, 0.3) is 10.6 Å². The summed E-state index contributed by atoms with van der Waals surface area (Å²) in [7, 11) is 1.81. The number of nitrogens with one attached hydrogen (secondary N) is 1. The van der Waals surface area contributed by atoms with Crippen molar-refractivity contribution in [2.45, 2.75) is 25.3 Å². The largest absolute Gasteiger partial charge is 0.493 e. The predicted molar refractivity (Wildman–Crippen MR) is 106 cm³/mol. The fraction of sp³-hybridized carbons (Fsp3) is 0.368. The Bertz CT molecular complexity index is 884. The molecule has 2 N–H and O–H groups in total. The normalized spacial score (nSPS) is 17.7. The minimum absolute atomic E-state index is 0.0385. The van der Waals surface area contributed by atoms with Crippen LogP contribution in [0.5, 0.6) is 5.88 Å². The topological polar surface area (TPSA) is 87.1 Å². The summed E-state index contributed by atoms with van der Waals surface area (Å²) in [6.07, 6.45) is 5.83. The van der Waals surface area contributed by atoms with E-state index in [1.165, 1.54) is 0 Å². The summed E-state index contributed by atoms with van der Waals surface area (Å²) < 4.78 is 0. The molecular weight excluding hydrogens is 360 g/mol. The van der Waals surface area contributed by atoms with Crippen molar-refractivity contribution in [2.24, 2.45) is 0 Å². The number of likely N-dealkylation sites (tertiary alicyclic amines) is 1. The highest BCUT2D eigenvalue weighted by Gasteiger charge is 2.25. The average Bonchev–Trinajstić information content (AvgIpc) is 3.23. The maximum absolute atomic E-state index is 10.1. The number of anilines is 1. The van der Waals surface area contributed by atoms with Gasteiger partial charge in [-0.2, -0.15) is 4.98 Å². The van der Waals surface area contributed by atoms with Crippen LogP contribution < -0.4 is 5.32 Å². The van der Waals surface area contributed by atoms with E-state index in [1.807, 2.05) is 37.0 Å². The summed E-state index contributed by atoms with van der Waals surface area (Å²) in [5.41, 5.74) is 1.88. The Morgan fingerprint density at radius 3 is 2.89 bits per heavy atom. The van der Waals surface area contributed by atoms with Gasteiger partial charge >= 0.3 is 0 Å². The van der Waals surface area contributed by atoms with Crippen LogP contribution in [0.3, 0.4) is 0 Å². The molecule has 0 aromatic carbocycles. The van der Waals surface area contributed by atoms with Crippen LogP contribution in [0.4, 0.5) is 5.95 Å². The first-order valence-electron chi connectivity index (χ1n) is 9.04. The Morgan fingerprint density at radius 1 is 1.30 bits per heavy atom. The van der Waals surface area contributed by atoms with E-state index in [2.05, 4.69) is 25.2 Å². The fourth-order valence-electron chi connectivity index (χ4n) is 3.42. The molecule has 4 rings (SSSR count). The molecule has 27 heavy (non-hydrogen) atoms. The lowest BCUT2D eigenvalue weighted by Gasteiger charge is -2.31. The number of rotatable bonds is 5. The van der Waals surface area contributed by atoms with Crippen LogP contribution in [0.15, 0.2) is 36.0 Å². The number of hydrogen-bond acceptors (Lipinski definition) is 8. The van der Waals surface area contributed by atoms with Crippen molar-refractivity contribution in [3.8, 4) is 16.5 Å². The van der Waals surface area contributed by atoms with E-state index >= 15 is 0 Å². The van der Waals surface area contributed by atoms with Crippen LogP contribution >= 0.6 is 11.3 Å². The first kappa shape index (κ1) is 17.8. The molecule has 0 spiro atoms. The zero-order chi connectivity index (χ0) is 18.6. The van der Waals surface area contributed by atoms with E-state index < -0.39 is 0 Å². The molecule has 1 fully saturated rings. The van der Waals surface area contributed by atoms with Crippen molar-refractivity contribution in [1.82, 2.24) is 24.8 Å². The zero-order valence-corrected chi connectivity index (χ0v) is 16.0. The number of aromatic hydroxyl groups is 1. The summed E-state index contributed by atoms with van der Waals surface area (Å²) in [5.74, 6) is 1.60. The number of nitrogens with zero attached hydrogens (tertiary/aromatic N) is 5. The van der Waals surface area contributed by atoms with Gasteiger partial charge in [-0.05, 0) is 30.8 Å². The quantitative estimate of drug-likeness (QED) is 0.701. The van der Waals surface area contributed by atoms with Crippen LogP contribution in [-0.4, -0.2) is 50.1 Å². The van der Waals surface area contributed by atoms with Crippen molar-refractivity contribution in [2.75, 3.05) is 25.5 Å². The summed E-state index contributed by atoms with van der Waals surface area (Å²) >= 11 is 1.61. The molecule has 0 radical (unpaired) electrons. The second-order valence-corrected chi connectivity index (χ2v) is 7.63. The van der Waals surface area contributed by atoms with Crippen LogP contribution in [0, 0.1) is 0 Å². The SMILES string of the molecule is CNc1ncc(CN2CCCC(c3nc(O)cc(-c4cccs4)n3)C2)cn1. The number of aromatic nitrogens is 4. The van der Waals surface area contributed by atoms with Crippen molar-refractivity contribution in [3.05, 3.63) is 47.4 Å².